The minimum absolute atomic E-state index is 0.117. The van der Waals surface area contributed by atoms with Gasteiger partial charge >= 0.3 is 0 Å². The minimum Gasteiger partial charge on any atom is -0.681 e. The average molecular weight is 592 g/mol. The summed E-state index contributed by atoms with van der Waals surface area (Å²) in [4.78, 5) is 4.17. The van der Waals surface area contributed by atoms with E-state index in [1.807, 2.05) is 12.4 Å². The van der Waals surface area contributed by atoms with Crippen LogP contribution in [0.2, 0.25) is 0 Å². The summed E-state index contributed by atoms with van der Waals surface area (Å²) in [6.07, 6.45) is 8.04. The van der Waals surface area contributed by atoms with Crippen LogP contribution in [-0.4, -0.2) is 11.5 Å². The Bertz CT molecular complexity index is 2260. The van der Waals surface area contributed by atoms with Gasteiger partial charge in [-0.25, -0.2) is 0 Å². The molecule has 6 aromatic carbocycles. The fourth-order valence-electron chi connectivity index (χ4n) is 6.86. The Morgan fingerprint density at radius 2 is 1.07 bits per heavy atom. The third-order valence-electron chi connectivity index (χ3n) is 9.27. The lowest BCUT2D eigenvalue weighted by molar-refractivity contribution is 0.590. The topological polar surface area (TPSA) is 27.0 Å². The Hall–Kier alpha value is -5.47. The lowest BCUT2D eigenvalue weighted by Gasteiger charge is -2.29. The number of fused-ring (bicyclic) bond motifs is 3. The molecule has 2 nitrogen and oxygen atoms in total. The van der Waals surface area contributed by atoms with Crippen LogP contribution >= 0.6 is 0 Å². The molecule has 0 radical (unpaired) electrons. The molecule has 1 aliphatic rings. The van der Waals surface area contributed by atoms with Gasteiger partial charge in [-0.05, 0) is 107 Å². The van der Waals surface area contributed by atoms with Crippen LogP contribution < -0.4 is 0 Å². The van der Waals surface area contributed by atoms with Crippen LogP contribution in [0, 0.1) is 0 Å². The van der Waals surface area contributed by atoms with Crippen molar-refractivity contribution in [1.82, 2.24) is 4.98 Å². The first-order valence-electron chi connectivity index (χ1n) is 16.0. The maximum absolute atomic E-state index is 4.83. The molecular formula is C44H35N2-. The Morgan fingerprint density at radius 1 is 0.543 bits per heavy atom. The zero-order valence-electron chi connectivity index (χ0n) is 26.5. The highest BCUT2D eigenvalue weighted by molar-refractivity contribution is 6.21. The van der Waals surface area contributed by atoms with Crippen molar-refractivity contribution >= 4 is 43.6 Å². The first kappa shape index (κ1) is 28.0. The van der Waals surface area contributed by atoms with Crippen molar-refractivity contribution in [3.8, 4) is 22.3 Å². The van der Waals surface area contributed by atoms with E-state index >= 15 is 0 Å². The van der Waals surface area contributed by atoms with Crippen LogP contribution in [0.3, 0.4) is 0 Å². The molecule has 0 amide bonds. The first-order chi connectivity index (χ1) is 22.4. The molecule has 0 unspecified atom stereocenters. The summed E-state index contributed by atoms with van der Waals surface area (Å²) < 4.78 is 0. The predicted molar refractivity (Wildman–Crippen MR) is 197 cm³/mol. The quantitative estimate of drug-likeness (QED) is 0.187. The van der Waals surface area contributed by atoms with E-state index in [-0.39, 0.29) is 5.41 Å². The number of rotatable bonds is 4. The van der Waals surface area contributed by atoms with Gasteiger partial charge in [0.05, 0.1) is 0 Å². The molecular weight excluding hydrogens is 556 g/mol. The van der Waals surface area contributed by atoms with Gasteiger partial charge in [-0.1, -0.05) is 130 Å². The highest BCUT2D eigenvalue weighted by Crippen LogP contribution is 2.44. The molecule has 0 fully saturated rings. The minimum atomic E-state index is 0.117. The largest absolute Gasteiger partial charge is 0.681 e. The molecule has 0 saturated heterocycles. The second kappa shape index (κ2) is 11.2. The normalized spacial score (nSPS) is 13.5. The number of hydrogen-bond acceptors (Lipinski definition) is 1. The second-order valence-corrected chi connectivity index (χ2v) is 13.2. The van der Waals surface area contributed by atoms with Crippen LogP contribution in [0.4, 0.5) is 0 Å². The van der Waals surface area contributed by atoms with E-state index in [1.165, 1.54) is 71.3 Å². The van der Waals surface area contributed by atoms with E-state index in [0.29, 0.717) is 6.54 Å². The van der Waals surface area contributed by atoms with Gasteiger partial charge < -0.3 is 5.32 Å². The van der Waals surface area contributed by atoms with Crippen molar-refractivity contribution in [2.45, 2.75) is 26.2 Å². The molecule has 0 bridgehead atoms. The molecule has 0 atom stereocenters. The van der Waals surface area contributed by atoms with Gasteiger partial charge in [-0.3, -0.25) is 4.98 Å². The summed E-state index contributed by atoms with van der Waals surface area (Å²) in [5, 5.41) is 12.4. The number of hydrogen-bond donors (Lipinski definition) is 0. The molecule has 2 heteroatoms. The number of pyridine rings is 1. The van der Waals surface area contributed by atoms with Crippen LogP contribution in [0.1, 0.15) is 37.5 Å². The highest BCUT2D eigenvalue weighted by atomic mass is 14.9. The van der Waals surface area contributed by atoms with E-state index in [4.69, 9.17) is 5.32 Å². The summed E-state index contributed by atoms with van der Waals surface area (Å²) in [7, 11) is 0. The van der Waals surface area contributed by atoms with Gasteiger partial charge in [0.2, 0.25) is 0 Å². The molecule has 8 rings (SSSR count). The summed E-state index contributed by atoms with van der Waals surface area (Å²) in [5.41, 5.74) is 11.0. The summed E-state index contributed by atoms with van der Waals surface area (Å²) in [5.74, 6) is 0. The van der Waals surface area contributed by atoms with Crippen LogP contribution in [0.15, 0.2) is 146 Å². The zero-order chi connectivity index (χ0) is 31.3. The standard InChI is InChI=1S/C44H35N2/c1-44(2,3)36-18-16-30(17-19-36)42-37-8-4-6-10-39(37)43(40-11-7-5-9-38(40)42)35-15-13-31-26-34(14-12-32(31)27-35)41-28-33(22-25-46-41)29-20-23-45-24-21-29/h4-24,26-28H,25H2,1-3H3/q-1. The Labute approximate surface area is 270 Å². The van der Waals surface area contributed by atoms with Crippen LogP contribution in [0.5, 0.6) is 0 Å². The van der Waals surface area contributed by atoms with Gasteiger partial charge in [-0.15, -0.1) is 12.2 Å². The molecule has 0 spiro atoms. The van der Waals surface area contributed by atoms with Crippen molar-refractivity contribution in [2.75, 3.05) is 6.54 Å². The van der Waals surface area contributed by atoms with E-state index in [1.54, 1.807) is 0 Å². The number of benzene rings is 6. The van der Waals surface area contributed by atoms with Gasteiger partial charge in [0.1, 0.15) is 0 Å². The van der Waals surface area contributed by atoms with Crippen molar-refractivity contribution in [3.05, 3.63) is 168 Å². The summed E-state index contributed by atoms with van der Waals surface area (Å²) in [6, 6.07) is 44.7. The maximum atomic E-state index is 4.83. The molecule has 0 saturated carbocycles. The van der Waals surface area contributed by atoms with E-state index in [0.717, 1.165) is 11.3 Å². The van der Waals surface area contributed by atoms with Crippen molar-refractivity contribution in [3.63, 3.8) is 0 Å². The molecule has 2 heterocycles. The molecule has 1 aromatic heterocycles. The van der Waals surface area contributed by atoms with E-state index in [9.17, 15) is 0 Å². The lowest BCUT2D eigenvalue weighted by atomic mass is 9.83. The second-order valence-electron chi connectivity index (χ2n) is 13.2. The van der Waals surface area contributed by atoms with Crippen molar-refractivity contribution in [2.24, 2.45) is 0 Å². The van der Waals surface area contributed by atoms with Gasteiger partial charge in [0.15, 0.2) is 0 Å². The Balaban J connectivity index is 1.24. The third-order valence-corrected chi connectivity index (χ3v) is 9.27. The third kappa shape index (κ3) is 4.97. The molecule has 46 heavy (non-hydrogen) atoms. The number of allylic oxidation sites excluding steroid dienone is 2. The monoisotopic (exact) mass is 591 g/mol. The first-order valence-corrected chi connectivity index (χ1v) is 16.0. The Morgan fingerprint density at radius 3 is 1.65 bits per heavy atom. The summed E-state index contributed by atoms with van der Waals surface area (Å²) in [6.45, 7) is 7.49. The molecule has 7 aromatic rings. The SMILES string of the molecule is CC(C)(C)c1ccc(-c2c3ccccc3c(-c3ccc4cc(C5=CC(c6ccncc6)=CC[N-]5)ccc4c3)c3ccccc23)cc1. The molecule has 0 aliphatic carbocycles. The van der Waals surface area contributed by atoms with Crippen LogP contribution in [-0.2, 0) is 5.41 Å². The van der Waals surface area contributed by atoms with Gasteiger partial charge in [0.25, 0.3) is 0 Å². The highest BCUT2D eigenvalue weighted by Gasteiger charge is 2.18. The molecule has 0 N–H and O–H groups in total. The fourth-order valence-corrected chi connectivity index (χ4v) is 6.86. The number of nitrogens with zero attached hydrogens (tertiary/aromatic N) is 2. The van der Waals surface area contributed by atoms with Gasteiger partial charge in [-0.2, -0.15) is 0 Å². The maximum Gasteiger partial charge on any atom is 0.0273 e. The lowest BCUT2D eigenvalue weighted by Crippen LogP contribution is -2.10. The van der Waals surface area contributed by atoms with Crippen molar-refractivity contribution in [1.29, 1.82) is 0 Å². The Kier molecular flexibility index (Phi) is 6.80. The molecule has 222 valence electrons. The zero-order valence-corrected chi connectivity index (χ0v) is 26.5. The smallest absolute Gasteiger partial charge is 0.0273 e. The molecule has 1 aliphatic heterocycles. The number of aromatic nitrogens is 1. The predicted octanol–water partition coefficient (Wildman–Crippen LogP) is 12.0. The van der Waals surface area contributed by atoms with Gasteiger partial charge in [0, 0.05) is 12.4 Å². The summed E-state index contributed by atoms with van der Waals surface area (Å²) >= 11 is 0. The van der Waals surface area contributed by atoms with Crippen LogP contribution in [0.25, 0.3) is 71.2 Å². The fraction of sp³-hybridized carbons (Fsp3) is 0.114. The van der Waals surface area contributed by atoms with Crippen molar-refractivity contribution < 1.29 is 0 Å². The van der Waals surface area contributed by atoms with E-state index in [2.05, 4.69) is 159 Å². The van der Waals surface area contributed by atoms with E-state index < -0.39 is 0 Å². The average Bonchev–Trinajstić information content (AvgIpc) is 3.10.